The monoisotopic (exact) mass is 442 g/mol. The van der Waals surface area contributed by atoms with Gasteiger partial charge in [0.15, 0.2) is 0 Å². The predicted molar refractivity (Wildman–Crippen MR) is 138 cm³/mol. The third-order valence-corrected chi connectivity index (χ3v) is 8.55. The molecule has 2 atom stereocenters. The van der Waals surface area contributed by atoms with Crippen molar-refractivity contribution >= 4 is 17.0 Å². The van der Waals surface area contributed by atoms with Crippen LogP contribution in [0.5, 0.6) is 0 Å². The fourth-order valence-electron chi connectivity index (χ4n) is 5.43. The molecule has 166 valence electrons. The van der Waals surface area contributed by atoms with E-state index in [4.69, 9.17) is 0 Å². The van der Waals surface area contributed by atoms with Crippen LogP contribution >= 0.6 is 11.3 Å². The van der Waals surface area contributed by atoms with Gasteiger partial charge in [-0.3, -0.25) is 0 Å². The maximum absolute atomic E-state index is 9.31. The molecular weight excluding hydrogens is 408 g/mol. The highest BCUT2D eigenvalue weighted by molar-refractivity contribution is 7.10. The number of nitriles is 1. The lowest BCUT2D eigenvalue weighted by Crippen LogP contribution is -2.40. The second-order valence-electron chi connectivity index (χ2n) is 9.82. The largest absolute Gasteiger partial charge is 0.370 e. The van der Waals surface area contributed by atoms with Crippen molar-refractivity contribution in [2.45, 2.75) is 52.4 Å². The van der Waals surface area contributed by atoms with Crippen LogP contribution < -0.4 is 4.90 Å². The van der Waals surface area contributed by atoms with E-state index in [1.165, 1.54) is 28.1 Å². The van der Waals surface area contributed by atoms with Gasteiger partial charge in [0, 0.05) is 29.1 Å². The summed E-state index contributed by atoms with van der Waals surface area (Å²) in [6.07, 6.45) is 1.18. The first-order valence-electron chi connectivity index (χ1n) is 11.8. The van der Waals surface area contributed by atoms with Gasteiger partial charge in [0.25, 0.3) is 0 Å². The molecule has 1 aliphatic heterocycles. The minimum absolute atomic E-state index is 0.137. The van der Waals surface area contributed by atoms with Gasteiger partial charge < -0.3 is 4.90 Å². The van der Waals surface area contributed by atoms with Gasteiger partial charge in [-0.25, -0.2) is 0 Å². The smallest absolute Gasteiger partial charge is 0.0991 e. The minimum atomic E-state index is 0.137. The van der Waals surface area contributed by atoms with Crippen LogP contribution in [0.15, 0.2) is 60.0 Å². The van der Waals surface area contributed by atoms with E-state index < -0.39 is 0 Å². The fraction of sp³-hybridized carbons (Fsp3) is 0.414. The molecule has 1 aliphatic rings. The number of hydrogen-bond donors (Lipinski definition) is 0. The Bertz CT molecular complexity index is 1120. The van der Waals surface area contributed by atoms with Gasteiger partial charge in [-0.2, -0.15) is 5.26 Å². The van der Waals surface area contributed by atoms with Crippen molar-refractivity contribution < 1.29 is 0 Å². The van der Waals surface area contributed by atoms with Gasteiger partial charge in [0.2, 0.25) is 0 Å². The summed E-state index contributed by atoms with van der Waals surface area (Å²) in [5.74, 6) is 1.70. The Hall–Kier alpha value is -2.57. The highest BCUT2D eigenvalue weighted by atomic mass is 32.1. The van der Waals surface area contributed by atoms with E-state index in [2.05, 4.69) is 87.4 Å². The standard InChI is InChI=1S/C29H34N2S/c1-6-26-17-31(27-12-8-10-23(14-27)20(2)3)19-29(26,21(4)5)28-15-25(18-32-28)24-11-7-9-22(13-24)16-30/h7-15,18,20-21,26H,6,17,19H2,1-5H3. The zero-order valence-electron chi connectivity index (χ0n) is 19.9. The van der Waals surface area contributed by atoms with E-state index in [0.29, 0.717) is 17.8 Å². The Morgan fingerprint density at radius 1 is 1.06 bits per heavy atom. The van der Waals surface area contributed by atoms with Crippen LogP contribution in [0.25, 0.3) is 11.1 Å². The molecule has 4 rings (SSSR count). The molecule has 1 aromatic heterocycles. The fourth-order valence-corrected chi connectivity index (χ4v) is 6.77. The number of rotatable bonds is 6. The molecule has 3 heteroatoms. The first kappa shape index (κ1) is 22.6. The maximum atomic E-state index is 9.31. The third kappa shape index (κ3) is 3.97. The molecule has 2 heterocycles. The van der Waals surface area contributed by atoms with Gasteiger partial charge >= 0.3 is 0 Å². The molecule has 3 aromatic rings. The van der Waals surface area contributed by atoms with Gasteiger partial charge in [-0.15, -0.1) is 11.3 Å². The summed E-state index contributed by atoms with van der Waals surface area (Å²) in [5, 5.41) is 11.6. The summed E-state index contributed by atoms with van der Waals surface area (Å²) in [6.45, 7) is 13.8. The van der Waals surface area contributed by atoms with E-state index in [0.717, 1.165) is 24.2 Å². The zero-order valence-corrected chi connectivity index (χ0v) is 20.7. The number of hydrogen-bond acceptors (Lipinski definition) is 3. The van der Waals surface area contributed by atoms with Crippen molar-refractivity contribution in [1.29, 1.82) is 5.26 Å². The van der Waals surface area contributed by atoms with Gasteiger partial charge in [0.1, 0.15) is 0 Å². The summed E-state index contributed by atoms with van der Waals surface area (Å²) in [4.78, 5) is 4.11. The second kappa shape index (κ2) is 9.12. The Kier molecular flexibility index (Phi) is 6.45. The van der Waals surface area contributed by atoms with Crippen molar-refractivity contribution in [2.75, 3.05) is 18.0 Å². The molecule has 1 fully saturated rings. The quantitative estimate of drug-likeness (QED) is 0.388. The Morgan fingerprint density at radius 3 is 2.53 bits per heavy atom. The van der Waals surface area contributed by atoms with E-state index in [1.54, 1.807) is 0 Å². The molecule has 0 saturated carbocycles. The number of anilines is 1. The molecule has 0 N–H and O–H groups in total. The summed E-state index contributed by atoms with van der Waals surface area (Å²) in [6, 6.07) is 21.8. The highest BCUT2D eigenvalue weighted by Gasteiger charge is 2.50. The summed E-state index contributed by atoms with van der Waals surface area (Å²) >= 11 is 1.90. The van der Waals surface area contributed by atoms with Gasteiger partial charge in [-0.1, -0.05) is 65.3 Å². The summed E-state index contributed by atoms with van der Waals surface area (Å²) < 4.78 is 0. The van der Waals surface area contributed by atoms with Crippen LogP contribution in [0, 0.1) is 23.2 Å². The normalized spacial score (nSPS) is 20.8. The van der Waals surface area contributed by atoms with Crippen molar-refractivity contribution in [2.24, 2.45) is 11.8 Å². The lowest BCUT2D eigenvalue weighted by atomic mass is 9.67. The lowest BCUT2D eigenvalue weighted by Gasteiger charge is -2.37. The van der Waals surface area contributed by atoms with Crippen LogP contribution in [-0.2, 0) is 5.41 Å². The average molecular weight is 443 g/mol. The van der Waals surface area contributed by atoms with Crippen LogP contribution in [0.2, 0.25) is 0 Å². The SMILES string of the molecule is CCC1CN(c2cccc(C(C)C)c2)CC1(c1cc(-c2cccc(C#N)c2)cs1)C(C)C. The molecule has 0 spiro atoms. The van der Waals surface area contributed by atoms with Crippen LogP contribution in [0.3, 0.4) is 0 Å². The minimum Gasteiger partial charge on any atom is -0.370 e. The molecular formula is C29H34N2S. The second-order valence-corrected chi connectivity index (χ2v) is 10.7. The molecule has 0 radical (unpaired) electrons. The molecule has 1 saturated heterocycles. The molecule has 0 bridgehead atoms. The highest BCUT2D eigenvalue weighted by Crippen LogP contribution is 2.50. The predicted octanol–water partition coefficient (Wildman–Crippen LogP) is 7.85. The van der Waals surface area contributed by atoms with Crippen LogP contribution in [0.4, 0.5) is 5.69 Å². The van der Waals surface area contributed by atoms with E-state index >= 15 is 0 Å². The summed E-state index contributed by atoms with van der Waals surface area (Å²) in [5.41, 5.74) is 6.00. The van der Waals surface area contributed by atoms with Crippen LogP contribution in [0.1, 0.15) is 63.0 Å². The third-order valence-electron chi connectivity index (χ3n) is 7.43. The van der Waals surface area contributed by atoms with Crippen molar-refractivity contribution in [3.8, 4) is 17.2 Å². The Labute approximate surface area is 197 Å². The first-order chi connectivity index (χ1) is 15.4. The van der Waals surface area contributed by atoms with Crippen molar-refractivity contribution in [3.63, 3.8) is 0 Å². The van der Waals surface area contributed by atoms with Gasteiger partial charge in [-0.05, 0) is 70.2 Å². The first-order valence-corrected chi connectivity index (χ1v) is 12.7. The van der Waals surface area contributed by atoms with E-state index in [1.807, 2.05) is 29.5 Å². The van der Waals surface area contributed by atoms with Crippen molar-refractivity contribution in [1.82, 2.24) is 0 Å². The molecule has 32 heavy (non-hydrogen) atoms. The summed E-state index contributed by atoms with van der Waals surface area (Å²) in [7, 11) is 0. The maximum Gasteiger partial charge on any atom is 0.0991 e. The molecule has 2 nitrogen and oxygen atoms in total. The van der Waals surface area contributed by atoms with E-state index in [9.17, 15) is 5.26 Å². The Balaban J connectivity index is 1.72. The number of benzene rings is 2. The Morgan fingerprint density at radius 2 is 1.84 bits per heavy atom. The zero-order chi connectivity index (χ0) is 22.9. The molecule has 2 unspecified atom stereocenters. The molecule has 0 amide bonds. The van der Waals surface area contributed by atoms with E-state index in [-0.39, 0.29) is 5.41 Å². The van der Waals surface area contributed by atoms with Crippen LogP contribution in [-0.4, -0.2) is 13.1 Å². The molecule has 0 aliphatic carbocycles. The lowest BCUT2D eigenvalue weighted by molar-refractivity contribution is 0.250. The topological polar surface area (TPSA) is 27.0 Å². The molecule has 2 aromatic carbocycles. The van der Waals surface area contributed by atoms with Gasteiger partial charge in [0.05, 0.1) is 11.6 Å². The average Bonchev–Trinajstić information content (AvgIpc) is 3.45. The number of thiophene rings is 1. The van der Waals surface area contributed by atoms with Crippen molar-refractivity contribution in [3.05, 3.63) is 76.0 Å². The number of nitrogens with zero attached hydrogens (tertiary/aromatic N) is 2.